The van der Waals surface area contributed by atoms with E-state index >= 15 is 0 Å². The number of rotatable bonds is 2. The Morgan fingerprint density at radius 1 is 1.26 bits per heavy atom. The molecule has 6 nitrogen and oxygen atoms in total. The lowest BCUT2D eigenvalue weighted by atomic mass is 9.96. The van der Waals surface area contributed by atoms with Gasteiger partial charge in [0.15, 0.2) is 11.5 Å². The minimum atomic E-state index is 0.0400. The van der Waals surface area contributed by atoms with Crippen molar-refractivity contribution in [3.05, 3.63) is 42.0 Å². The smallest absolute Gasteiger partial charge is 0.254 e. The average Bonchev–Trinajstić information content (AvgIpc) is 3.15. The third-order valence-electron chi connectivity index (χ3n) is 4.40. The van der Waals surface area contributed by atoms with Gasteiger partial charge < -0.3 is 19.4 Å². The fourth-order valence-electron chi connectivity index (χ4n) is 3.24. The normalized spacial score (nSPS) is 20.3. The number of aromatic amines is 1. The van der Waals surface area contributed by atoms with Crippen molar-refractivity contribution < 1.29 is 14.3 Å². The zero-order chi connectivity index (χ0) is 15.6. The molecule has 1 aromatic carbocycles. The Morgan fingerprint density at radius 3 is 2.96 bits per heavy atom. The molecule has 1 unspecified atom stereocenters. The molecule has 4 rings (SSSR count). The van der Waals surface area contributed by atoms with Crippen LogP contribution in [0.1, 0.15) is 34.9 Å². The third-order valence-corrected chi connectivity index (χ3v) is 4.40. The van der Waals surface area contributed by atoms with Crippen molar-refractivity contribution in [2.45, 2.75) is 18.8 Å². The molecule has 0 radical (unpaired) electrons. The predicted octanol–water partition coefficient (Wildman–Crippen LogP) is 2.20. The molecule has 3 heterocycles. The maximum Gasteiger partial charge on any atom is 0.254 e. The van der Waals surface area contributed by atoms with Crippen LogP contribution in [-0.2, 0) is 0 Å². The summed E-state index contributed by atoms with van der Waals surface area (Å²) in [5.74, 6) is 2.64. The van der Waals surface area contributed by atoms with Crippen molar-refractivity contribution in [3.8, 4) is 11.5 Å². The van der Waals surface area contributed by atoms with Crippen LogP contribution in [0.5, 0.6) is 11.5 Å². The van der Waals surface area contributed by atoms with Gasteiger partial charge in [-0.1, -0.05) is 0 Å². The van der Waals surface area contributed by atoms with Gasteiger partial charge in [0.2, 0.25) is 0 Å². The Bertz CT molecular complexity index is 699. The SMILES string of the molecule is O=C(c1ccc2c(c1)OCCO2)N1CCCC(c2ncc[nH]2)C1. The average molecular weight is 313 g/mol. The Labute approximate surface area is 134 Å². The summed E-state index contributed by atoms with van der Waals surface area (Å²) in [7, 11) is 0. The summed E-state index contributed by atoms with van der Waals surface area (Å²) in [6.45, 7) is 2.55. The predicted molar refractivity (Wildman–Crippen MR) is 83.9 cm³/mol. The first kappa shape index (κ1) is 14.1. The number of hydrogen-bond donors (Lipinski definition) is 1. The van der Waals surface area contributed by atoms with E-state index in [1.54, 1.807) is 12.3 Å². The lowest BCUT2D eigenvalue weighted by Gasteiger charge is -2.32. The summed E-state index contributed by atoms with van der Waals surface area (Å²) in [5, 5.41) is 0. The molecule has 23 heavy (non-hydrogen) atoms. The summed E-state index contributed by atoms with van der Waals surface area (Å²) < 4.78 is 11.1. The van der Waals surface area contributed by atoms with Crippen LogP contribution in [0.2, 0.25) is 0 Å². The fraction of sp³-hybridized carbons (Fsp3) is 0.412. The van der Waals surface area contributed by atoms with E-state index in [1.165, 1.54) is 0 Å². The van der Waals surface area contributed by atoms with Crippen LogP contribution in [-0.4, -0.2) is 47.1 Å². The molecule has 0 bridgehead atoms. The first-order valence-electron chi connectivity index (χ1n) is 7.99. The van der Waals surface area contributed by atoms with Crippen LogP contribution < -0.4 is 9.47 Å². The number of aromatic nitrogens is 2. The number of fused-ring (bicyclic) bond motifs is 1. The molecule has 0 aliphatic carbocycles. The third kappa shape index (κ3) is 2.76. The maximum atomic E-state index is 12.8. The number of likely N-dealkylation sites (tertiary alicyclic amines) is 1. The van der Waals surface area contributed by atoms with Gasteiger partial charge >= 0.3 is 0 Å². The highest BCUT2D eigenvalue weighted by molar-refractivity contribution is 5.95. The van der Waals surface area contributed by atoms with Gasteiger partial charge in [0.05, 0.1) is 0 Å². The minimum absolute atomic E-state index is 0.0400. The molecule has 1 N–H and O–H groups in total. The highest BCUT2D eigenvalue weighted by Crippen LogP contribution is 2.32. The lowest BCUT2D eigenvalue weighted by molar-refractivity contribution is 0.0703. The Hall–Kier alpha value is -2.50. The number of carbonyl (C=O) groups is 1. The Morgan fingerprint density at radius 2 is 2.13 bits per heavy atom. The highest BCUT2D eigenvalue weighted by atomic mass is 16.6. The number of nitrogens with one attached hydrogen (secondary N) is 1. The quantitative estimate of drug-likeness (QED) is 0.923. The van der Waals surface area contributed by atoms with Crippen molar-refractivity contribution in [2.75, 3.05) is 26.3 Å². The molecular formula is C17H19N3O3. The number of ether oxygens (including phenoxy) is 2. The van der Waals surface area contributed by atoms with Crippen molar-refractivity contribution in [1.29, 1.82) is 0 Å². The van der Waals surface area contributed by atoms with E-state index in [2.05, 4.69) is 9.97 Å². The van der Waals surface area contributed by atoms with Gasteiger partial charge in [0, 0.05) is 37.0 Å². The molecule has 1 atom stereocenters. The molecule has 6 heteroatoms. The molecular weight excluding hydrogens is 294 g/mol. The second-order valence-corrected chi connectivity index (χ2v) is 5.92. The summed E-state index contributed by atoms with van der Waals surface area (Å²) >= 11 is 0. The Kier molecular flexibility index (Phi) is 3.65. The molecule has 2 aliphatic rings. The fourth-order valence-corrected chi connectivity index (χ4v) is 3.24. The molecule has 1 aromatic heterocycles. The van der Waals surface area contributed by atoms with Gasteiger partial charge in [-0.05, 0) is 31.0 Å². The van der Waals surface area contributed by atoms with E-state index in [4.69, 9.17) is 9.47 Å². The topological polar surface area (TPSA) is 67.5 Å². The standard InChI is InChI=1S/C17H19N3O3/c21-17(12-3-4-14-15(10-12)23-9-8-22-14)20-7-1-2-13(11-20)16-18-5-6-19-16/h3-6,10,13H,1-2,7-9,11H2,(H,18,19). The molecule has 2 aliphatic heterocycles. The van der Waals surface area contributed by atoms with Crippen molar-refractivity contribution in [3.63, 3.8) is 0 Å². The number of carbonyl (C=O) groups excluding carboxylic acids is 1. The van der Waals surface area contributed by atoms with Crippen molar-refractivity contribution in [2.24, 2.45) is 0 Å². The number of nitrogens with zero attached hydrogens (tertiary/aromatic N) is 2. The van der Waals surface area contributed by atoms with E-state index in [9.17, 15) is 4.79 Å². The van der Waals surface area contributed by atoms with E-state index in [-0.39, 0.29) is 11.8 Å². The van der Waals surface area contributed by atoms with Crippen LogP contribution in [0.15, 0.2) is 30.6 Å². The number of benzene rings is 1. The van der Waals surface area contributed by atoms with E-state index in [1.807, 2.05) is 23.2 Å². The molecule has 120 valence electrons. The lowest BCUT2D eigenvalue weighted by Crippen LogP contribution is -2.39. The van der Waals surface area contributed by atoms with Crippen LogP contribution in [0.3, 0.4) is 0 Å². The minimum Gasteiger partial charge on any atom is -0.486 e. The van der Waals surface area contributed by atoms with Crippen molar-refractivity contribution in [1.82, 2.24) is 14.9 Å². The van der Waals surface area contributed by atoms with Gasteiger partial charge in [-0.25, -0.2) is 4.98 Å². The zero-order valence-corrected chi connectivity index (χ0v) is 12.8. The Balaban J connectivity index is 1.52. The molecule has 1 amide bonds. The number of piperidine rings is 1. The van der Waals surface area contributed by atoms with Gasteiger partial charge in [-0.3, -0.25) is 4.79 Å². The number of imidazole rings is 1. The first-order valence-corrected chi connectivity index (χ1v) is 7.99. The van der Waals surface area contributed by atoms with Crippen LogP contribution in [0.25, 0.3) is 0 Å². The maximum absolute atomic E-state index is 12.8. The number of hydrogen-bond acceptors (Lipinski definition) is 4. The van der Waals surface area contributed by atoms with Gasteiger partial charge in [0.1, 0.15) is 19.0 Å². The second kappa shape index (κ2) is 5.95. The highest BCUT2D eigenvalue weighted by Gasteiger charge is 2.27. The molecule has 0 saturated carbocycles. The molecule has 1 saturated heterocycles. The largest absolute Gasteiger partial charge is 0.486 e. The van der Waals surface area contributed by atoms with Crippen LogP contribution >= 0.6 is 0 Å². The molecule has 1 fully saturated rings. The van der Waals surface area contributed by atoms with Gasteiger partial charge in [0.25, 0.3) is 5.91 Å². The number of H-pyrrole nitrogens is 1. The van der Waals surface area contributed by atoms with E-state index in [0.29, 0.717) is 36.8 Å². The van der Waals surface area contributed by atoms with Crippen LogP contribution in [0, 0.1) is 0 Å². The van der Waals surface area contributed by atoms with E-state index < -0.39 is 0 Å². The second-order valence-electron chi connectivity index (χ2n) is 5.92. The van der Waals surface area contributed by atoms with E-state index in [0.717, 1.165) is 25.2 Å². The monoisotopic (exact) mass is 313 g/mol. The summed E-state index contributed by atoms with van der Waals surface area (Å²) in [6, 6.07) is 5.41. The molecule has 2 aromatic rings. The molecule has 0 spiro atoms. The number of amides is 1. The van der Waals surface area contributed by atoms with Crippen molar-refractivity contribution >= 4 is 5.91 Å². The van der Waals surface area contributed by atoms with Gasteiger partial charge in [-0.15, -0.1) is 0 Å². The van der Waals surface area contributed by atoms with Gasteiger partial charge in [-0.2, -0.15) is 0 Å². The first-order chi connectivity index (χ1) is 11.3. The van der Waals surface area contributed by atoms with Crippen LogP contribution in [0.4, 0.5) is 0 Å². The summed E-state index contributed by atoms with van der Waals surface area (Å²) in [5.41, 5.74) is 0.648. The summed E-state index contributed by atoms with van der Waals surface area (Å²) in [6.07, 6.45) is 5.63. The zero-order valence-electron chi connectivity index (χ0n) is 12.8. The summed E-state index contributed by atoms with van der Waals surface area (Å²) in [4.78, 5) is 22.2.